The number of halogens is 3. The van der Waals surface area contributed by atoms with E-state index in [1.807, 2.05) is 30.3 Å². The molecule has 0 fully saturated rings. The van der Waals surface area contributed by atoms with Gasteiger partial charge >= 0.3 is 0 Å². The first kappa shape index (κ1) is 20.8. The largest absolute Gasteiger partial charge is 0.326 e. The zero-order valence-corrected chi connectivity index (χ0v) is 15.8. The second-order valence-corrected chi connectivity index (χ2v) is 6.07. The van der Waals surface area contributed by atoms with Crippen LogP contribution in [0.15, 0.2) is 42.5 Å². The Morgan fingerprint density at radius 3 is 2.54 bits per heavy atom. The molecule has 0 bridgehead atoms. The summed E-state index contributed by atoms with van der Waals surface area (Å²) in [4.78, 5) is 12.2. The van der Waals surface area contributed by atoms with Gasteiger partial charge in [-0.15, -0.1) is 12.4 Å². The molecule has 0 radical (unpaired) electrons. The van der Waals surface area contributed by atoms with Gasteiger partial charge in [0.05, 0.1) is 0 Å². The van der Waals surface area contributed by atoms with Crippen molar-refractivity contribution in [1.29, 1.82) is 0 Å². The molecule has 2 aromatic rings. The van der Waals surface area contributed by atoms with Gasteiger partial charge in [-0.2, -0.15) is 0 Å². The molecule has 130 valence electrons. The molecule has 0 aliphatic rings. The topological polar surface area (TPSA) is 41.1 Å². The molecule has 0 saturated heterocycles. The van der Waals surface area contributed by atoms with E-state index in [-0.39, 0.29) is 18.3 Å². The van der Waals surface area contributed by atoms with E-state index in [0.29, 0.717) is 22.9 Å². The number of carbonyl (C=O) groups excluding carboxylic acids is 1. The van der Waals surface area contributed by atoms with Crippen molar-refractivity contribution in [3.63, 3.8) is 0 Å². The number of hydrogen-bond acceptors (Lipinski definition) is 2. The fraction of sp³-hybridized carbons (Fsp3) is 0.278. The highest BCUT2D eigenvalue weighted by atomic mass is 35.5. The van der Waals surface area contributed by atoms with Gasteiger partial charge in [-0.1, -0.05) is 54.4 Å². The van der Waals surface area contributed by atoms with Crippen molar-refractivity contribution in [3.8, 4) is 0 Å². The van der Waals surface area contributed by atoms with E-state index in [1.165, 1.54) is 0 Å². The molecule has 3 nitrogen and oxygen atoms in total. The summed E-state index contributed by atoms with van der Waals surface area (Å²) >= 11 is 12.0. The number of rotatable bonds is 7. The van der Waals surface area contributed by atoms with Gasteiger partial charge in [0.2, 0.25) is 5.91 Å². The van der Waals surface area contributed by atoms with Crippen LogP contribution in [0.1, 0.15) is 24.5 Å². The number of aryl methyl sites for hydroxylation is 1. The Labute approximate surface area is 159 Å². The van der Waals surface area contributed by atoms with Gasteiger partial charge in [0.15, 0.2) is 0 Å². The minimum Gasteiger partial charge on any atom is -0.326 e. The average molecular weight is 388 g/mol. The van der Waals surface area contributed by atoms with Crippen LogP contribution in [0, 0.1) is 0 Å². The van der Waals surface area contributed by atoms with Crippen LogP contribution in [-0.4, -0.2) is 12.5 Å². The first-order chi connectivity index (χ1) is 11.1. The van der Waals surface area contributed by atoms with Crippen LogP contribution in [0.5, 0.6) is 0 Å². The Kier molecular flexibility index (Phi) is 9.16. The van der Waals surface area contributed by atoms with E-state index < -0.39 is 0 Å². The minimum absolute atomic E-state index is 0. The molecule has 1 amide bonds. The Morgan fingerprint density at radius 1 is 1.08 bits per heavy atom. The van der Waals surface area contributed by atoms with Gasteiger partial charge in [-0.3, -0.25) is 4.79 Å². The summed E-state index contributed by atoms with van der Waals surface area (Å²) in [6.07, 6.45) is 0.952. The number of nitrogens with one attached hydrogen (secondary N) is 2. The standard InChI is InChI=1S/C18H20Cl2N2O.ClH/c1-2-21-12-14-5-3-4-6-17(14)22-18(23)10-8-13-7-9-15(19)11-16(13)20;/h3-7,9,11,21H,2,8,10,12H2,1H3,(H,22,23);1H. The molecule has 0 aliphatic heterocycles. The third-order valence-electron chi connectivity index (χ3n) is 3.49. The van der Waals surface area contributed by atoms with Crippen LogP contribution in [-0.2, 0) is 17.8 Å². The van der Waals surface area contributed by atoms with E-state index in [0.717, 1.165) is 29.9 Å². The summed E-state index contributed by atoms with van der Waals surface area (Å²) in [6.45, 7) is 3.67. The minimum atomic E-state index is -0.0278. The molecule has 0 aromatic heterocycles. The molecular weight excluding hydrogens is 367 g/mol. The van der Waals surface area contributed by atoms with Crippen molar-refractivity contribution in [2.24, 2.45) is 0 Å². The van der Waals surface area contributed by atoms with E-state index in [9.17, 15) is 4.79 Å². The molecular formula is C18H21Cl3N2O. The average Bonchev–Trinajstić information content (AvgIpc) is 2.53. The molecule has 0 aliphatic carbocycles. The molecule has 6 heteroatoms. The smallest absolute Gasteiger partial charge is 0.224 e. The van der Waals surface area contributed by atoms with Crippen LogP contribution >= 0.6 is 35.6 Å². The maximum Gasteiger partial charge on any atom is 0.224 e. The summed E-state index contributed by atoms with van der Waals surface area (Å²) in [7, 11) is 0. The molecule has 0 saturated carbocycles. The van der Waals surface area contributed by atoms with Crippen LogP contribution in [0.25, 0.3) is 0 Å². The summed E-state index contributed by atoms with van der Waals surface area (Å²) < 4.78 is 0. The maximum absolute atomic E-state index is 12.2. The first-order valence-corrected chi connectivity index (χ1v) is 8.38. The van der Waals surface area contributed by atoms with Gasteiger partial charge in [0.1, 0.15) is 0 Å². The SMILES string of the molecule is CCNCc1ccccc1NC(=O)CCc1ccc(Cl)cc1Cl.Cl. The highest BCUT2D eigenvalue weighted by molar-refractivity contribution is 6.35. The first-order valence-electron chi connectivity index (χ1n) is 7.62. The molecule has 2 N–H and O–H groups in total. The van der Waals surface area contributed by atoms with Gasteiger partial charge < -0.3 is 10.6 Å². The van der Waals surface area contributed by atoms with Crippen molar-refractivity contribution in [2.45, 2.75) is 26.3 Å². The Hall–Kier alpha value is -1.26. The zero-order chi connectivity index (χ0) is 16.7. The predicted molar refractivity (Wildman–Crippen MR) is 104 cm³/mol. The van der Waals surface area contributed by atoms with Crippen molar-refractivity contribution in [2.75, 3.05) is 11.9 Å². The fourth-order valence-corrected chi connectivity index (χ4v) is 2.74. The van der Waals surface area contributed by atoms with Crippen LogP contribution in [0.2, 0.25) is 10.0 Å². The molecule has 2 aromatic carbocycles. The summed E-state index contributed by atoms with van der Waals surface area (Å²) in [5.41, 5.74) is 2.85. The highest BCUT2D eigenvalue weighted by Gasteiger charge is 2.08. The normalized spacial score (nSPS) is 10.1. The van der Waals surface area contributed by atoms with E-state index in [2.05, 4.69) is 17.6 Å². The van der Waals surface area contributed by atoms with Crippen LogP contribution in [0.4, 0.5) is 5.69 Å². The van der Waals surface area contributed by atoms with Crippen LogP contribution in [0.3, 0.4) is 0 Å². The lowest BCUT2D eigenvalue weighted by atomic mass is 10.1. The molecule has 0 unspecified atom stereocenters. The molecule has 24 heavy (non-hydrogen) atoms. The number of benzene rings is 2. The van der Waals surface area contributed by atoms with Crippen molar-refractivity contribution < 1.29 is 4.79 Å². The quantitative estimate of drug-likeness (QED) is 0.694. The number of para-hydroxylation sites is 1. The third-order valence-corrected chi connectivity index (χ3v) is 4.08. The fourth-order valence-electron chi connectivity index (χ4n) is 2.24. The molecule has 2 rings (SSSR count). The Balaban J connectivity index is 0.00000288. The van der Waals surface area contributed by atoms with Gasteiger partial charge in [0.25, 0.3) is 0 Å². The summed E-state index contributed by atoms with van der Waals surface area (Å²) in [6, 6.07) is 13.1. The number of carbonyl (C=O) groups is 1. The Bertz CT molecular complexity index is 677. The van der Waals surface area contributed by atoms with Crippen molar-refractivity contribution in [3.05, 3.63) is 63.6 Å². The lowest BCUT2D eigenvalue weighted by molar-refractivity contribution is -0.116. The predicted octanol–water partition coefficient (Wildman–Crippen LogP) is 5.10. The lowest BCUT2D eigenvalue weighted by Gasteiger charge is -2.11. The van der Waals surface area contributed by atoms with Crippen LogP contribution < -0.4 is 10.6 Å². The highest BCUT2D eigenvalue weighted by Crippen LogP contribution is 2.22. The second-order valence-electron chi connectivity index (χ2n) is 5.22. The van der Waals surface area contributed by atoms with E-state index in [4.69, 9.17) is 23.2 Å². The third kappa shape index (κ3) is 6.33. The van der Waals surface area contributed by atoms with Crippen molar-refractivity contribution in [1.82, 2.24) is 5.32 Å². The molecule has 0 heterocycles. The second kappa shape index (κ2) is 10.6. The zero-order valence-electron chi connectivity index (χ0n) is 13.4. The Morgan fingerprint density at radius 2 is 1.83 bits per heavy atom. The van der Waals surface area contributed by atoms with E-state index >= 15 is 0 Å². The van der Waals surface area contributed by atoms with E-state index in [1.54, 1.807) is 12.1 Å². The number of anilines is 1. The summed E-state index contributed by atoms with van der Waals surface area (Å²) in [5, 5.41) is 7.43. The van der Waals surface area contributed by atoms with Gasteiger partial charge in [0, 0.05) is 28.7 Å². The molecule has 0 spiro atoms. The lowest BCUT2D eigenvalue weighted by Crippen LogP contribution is -2.17. The summed E-state index contributed by atoms with van der Waals surface area (Å²) in [5.74, 6) is -0.0278. The monoisotopic (exact) mass is 386 g/mol. The maximum atomic E-state index is 12.2. The number of amides is 1. The number of hydrogen-bond donors (Lipinski definition) is 2. The van der Waals surface area contributed by atoms with Crippen molar-refractivity contribution >= 4 is 47.2 Å². The molecule has 0 atom stereocenters. The van der Waals surface area contributed by atoms with Gasteiger partial charge in [-0.25, -0.2) is 0 Å². The van der Waals surface area contributed by atoms with Gasteiger partial charge in [-0.05, 0) is 42.3 Å².